The van der Waals surface area contributed by atoms with Crippen LogP contribution in [0.3, 0.4) is 0 Å². The number of hydrogen-bond donors (Lipinski definition) is 2. The Bertz CT molecular complexity index is 525. The molecule has 0 heterocycles. The van der Waals surface area contributed by atoms with E-state index in [-0.39, 0.29) is 0 Å². The second-order valence-corrected chi connectivity index (χ2v) is 5.26. The zero-order valence-electron chi connectivity index (χ0n) is 10.8. The topological polar surface area (TPSA) is 40.5 Å². The minimum atomic E-state index is 0.300. The molecule has 98 valence electrons. The molecule has 1 aliphatic rings. The lowest BCUT2D eigenvalue weighted by Gasteiger charge is -2.22. The summed E-state index contributed by atoms with van der Waals surface area (Å²) in [5, 5.41) is 20.1. The van der Waals surface area contributed by atoms with Crippen molar-refractivity contribution in [3.8, 4) is 11.5 Å². The molecule has 0 saturated heterocycles. The fraction of sp³-hybridized carbons (Fsp3) is 0.294. The van der Waals surface area contributed by atoms with Crippen molar-refractivity contribution < 1.29 is 10.2 Å². The Morgan fingerprint density at radius 1 is 0.684 bits per heavy atom. The number of hydrogen-bond acceptors (Lipinski definition) is 2. The van der Waals surface area contributed by atoms with Gasteiger partial charge in [0.1, 0.15) is 11.5 Å². The van der Waals surface area contributed by atoms with Crippen LogP contribution in [-0.4, -0.2) is 10.2 Å². The van der Waals surface area contributed by atoms with E-state index in [0.717, 1.165) is 30.4 Å². The van der Waals surface area contributed by atoms with Gasteiger partial charge in [-0.15, -0.1) is 0 Å². The minimum absolute atomic E-state index is 0.300. The Labute approximate surface area is 113 Å². The van der Waals surface area contributed by atoms with E-state index >= 15 is 0 Å². The van der Waals surface area contributed by atoms with E-state index in [9.17, 15) is 10.2 Å². The smallest absolute Gasteiger partial charge is 0.119 e. The van der Waals surface area contributed by atoms with Gasteiger partial charge in [-0.3, -0.25) is 0 Å². The van der Waals surface area contributed by atoms with Crippen LogP contribution in [0.1, 0.15) is 42.2 Å². The van der Waals surface area contributed by atoms with E-state index in [1.165, 1.54) is 0 Å². The van der Waals surface area contributed by atoms with Gasteiger partial charge in [0.25, 0.3) is 0 Å². The molecule has 2 atom stereocenters. The third kappa shape index (κ3) is 2.19. The summed E-state index contributed by atoms with van der Waals surface area (Å²) in [6, 6.07) is 15.1. The molecule has 19 heavy (non-hydrogen) atoms. The molecule has 2 N–H and O–H groups in total. The molecule has 0 bridgehead atoms. The predicted molar refractivity (Wildman–Crippen MR) is 75.5 cm³/mol. The molecule has 2 nitrogen and oxygen atoms in total. The monoisotopic (exact) mass is 254 g/mol. The zero-order chi connectivity index (χ0) is 13.2. The lowest BCUT2D eigenvalue weighted by atomic mass is 9.83. The molecule has 0 spiro atoms. The highest BCUT2D eigenvalue weighted by Crippen LogP contribution is 2.49. The van der Waals surface area contributed by atoms with Crippen molar-refractivity contribution in [1.82, 2.24) is 0 Å². The van der Waals surface area contributed by atoms with Crippen molar-refractivity contribution in [2.45, 2.75) is 31.1 Å². The van der Waals surface area contributed by atoms with Gasteiger partial charge in [-0.05, 0) is 47.9 Å². The molecule has 0 amide bonds. The van der Waals surface area contributed by atoms with E-state index in [1.807, 2.05) is 36.4 Å². The standard InChI is InChI=1S/C17H18O2/c18-16-10-3-1-6-14(16)12-8-5-9-13(12)15-7-2-4-11-17(15)19/h1-4,6-7,10-13,18-19H,5,8-9H2/t12-,13-/m0/s1. The maximum Gasteiger partial charge on any atom is 0.119 e. The number of phenols is 2. The quantitative estimate of drug-likeness (QED) is 0.845. The summed E-state index contributed by atoms with van der Waals surface area (Å²) in [6.45, 7) is 0. The maximum atomic E-state index is 10.0. The van der Waals surface area contributed by atoms with Crippen LogP contribution in [0.25, 0.3) is 0 Å². The van der Waals surface area contributed by atoms with E-state index in [1.54, 1.807) is 12.1 Å². The molecule has 1 fully saturated rings. The third-order valence-corrected chi connectivity index (χ3v) is 4.19. The van der Waals surface area contributed by atoms with Gasteiger partial charge in [0.15, 0.2) is 0 Å². The highest BCUT2D eigenvalue weighted by Gasteiger charge is 2.32. The summed E-state index contributed by atoms with van der Waals surface area (Å²) in [7, 11) is 0. The molecule has 0 aliphatic heterocycles. The van der Waals surface area contributed by atoms with Crippen LogP contribution in [0.2, 0.25) is 0 Å². The number of aromatic hydroxyl groups is 2. The van der Waals surface area contributed by atoms with E-state index in [0.29, 0.717) is 23.3 Å². The van der Waals surface area contributed by atoms with E-state index < -0.39 is 0 Å². The Morgan fingerprint density at radius 3 is 1.53 bits per heavy atom. The molecular formula is C17H18O2. The summed E-state index contributed by atoms with van der Waals surface area (Å²) >= 11 is 0. The van der Waals surface area contributed by atoms with Crippen LogP contribution in [0, 0.1) is 0 Å². The molecule has 1 aliphatic carbocycles. The second kappa shape index (κ2) is 4.96. The zero-order valence-corrected chi connectivity index (χ0v) is 10.8. The first-order chi connectivity index (χ1) is 9.27. The molecule has 2 aromatic carbocycles. The SMILES string of the molecule is Oc1ccccc1[C@H]1CCC[C@@H]1c1ccccc1O. The van der Waals surface area contributed by atoms with Gasteiger partial charge in [-0.2, -0.15) is 0 Å². The molecule has 0 aromatic heterocycles. The molecule has 0 radical (unpaired) electrons. The summed E-state index contributed by atoms with van der Waals surface area (Å²) in [5.41, 5.74) is 2.02. The van der Waals surface area contributed by atoms with Gasteiger partial charge in [-0.1, -0.05) is 42.8 Å². The van der Waals surface area contributed by atoms with E-state index in [4.69, 9.17) is 0 Å². The Hall–Kier alpha value is -1.96. The summed E-state index contributed by atoms with van der Waals surface area (Å²) in [5.74, 6) is 1.34. The van der Waals surface area contributed by atoms with Gasteiger partial charge in [-0.25, -0.2) is 0 Å². The Morgan fingerprint density at radius 2 is 1.11 bits per heavy atom. The maximum absolute atomic E-state index is 10.0. The average molecular weight is 254 g/mol. The highest BCUT2D eigenvalue weighted by atomic mass is 16.3. The van der Waals surface area contributed by atoms with Gasteiger partial charge in [0.2, 0.25) is 0 Å². The van der Waals surface area contributed by atoms with Crippen molar-refractivity contribution in [2.24, 2.45) is 0 Å². The van der Waals surface area contributed by atoms with Crippen LogP contribution in [0.15, 0.2) is 48.5 Å². The number of rotatable bonds is 2. The van der Waals surface area contributed by atoms with Gasteiger partial charge >= 0.3 is 0 Å². The first-order valence-electron chi connectivity index (χ1n) is 6.83. The fourth-order valence-corrected chi connectivity index (χ4v) is 3.31. The first-order valence-corrected chi connectivity index (χ1v) is 6.83. The van der Waals surface area contributed by atoms with Crippen LogP contribution in [0.4, 0.5) is 0 Å². The molecule has 0 unspecified atom stereocenters. The van der Waals surface area contributed by atoms with Crippen LogP contribution >= 0.6 is 0 Å². The summed E-state index contributed by atoms with van der Waals surface area (Å²) in [4.78, 5) is 0. The van der Waals surface area contributed by atoms with E-state index in [2.05, 4.69) is 0 Å². The lowest BCUT2D eigenvalue weighted by molar-refractivity contribution is 0.444. The lowest BCUT2D eigenvalue weighted by Crippen LogP contribution is -2.05. The number of benzene rings is 2. The van der Waals surface area contributed by atoms with Crippen molar-refractivity contribution in [3.05, 3.63) is 59.7 Å². The van der Waals surface area contributed by atoms with Gasteiger partial charge in [0, 0.05) is 0 Å². The Kier molecular flexibility index (Phi) is 3.16. The molecule has 2 heteroatoms. The first kappa shape index (κ1) is 12.1. The summed E-state index contributed by atoms with van der Waals surface area (Å²) in [6.07, 6.45) is 3.27. The van der Waals surface area contributed by atoms with Crippen molar-refractivity contribution in [2.75, 3.05) is 0 Å². The Balaban J connectivity index is 1.99. The second-order valence-electron chi connectivity index (χ2n) is 5.26. The van der Waals surface area contributed by atoms with Gasteiger partial charge in [0.05, 0.1) is 0 Å². The van der Waals surface area contributed by atoms with Crippen LogP contribution in [0.5, 0.6) is 11.5 Å². The molecule has 1 saturated carbocycles. The predicted octanol–water partition coefficient (Wildman–Crippen LogP) is 4.15. The molecule has 2 aromatic rings. The normalized spacial score (nSPS) is 22.5. The van der Waals surface area contributed by atoms with Crippen molar-refractivity contribution in [3.63, 3.8) is 0 Å². The van der Waals surface area contributed by atoms with Crippen LogP contribution in [-0.2, 0) is 0 Å². The molecular weight excluding hydrogens is 236 g/mol. The largest absolute Gasteiger partial charge is 0.508 e. The van der Waals surface area contributed by atoms with Gasteiger partial charge < -0.3 is 10.2 Å². The van der Waals surface area contributed by atoms with Crippen molar-refractivity contribution >= 4 is 0 Å². The summed E-state index contributed by atoms with van der Waals surface area (Å²) < 4.78 is 0. The average Bonchev–Trinajstić information content (AvgIpc) is 2.89. The van der Waals surface area contributed by atoms with Crippen LogP contribution < -0.4 is 0 Å². The molecule has 3 rings (SSSR count). The highest BCUT2D eigenvalue weighted by molar-refractivity contribution is 5.42. The fourth-order valence-electron chi connectivity index (χ4n) is 3.31. The van der Waals surface area contributed by atoms with Crippen molar-refractivity contribution in [1.29, 1.82) is 0 Å². The minimum Gasteiger partial charge on any atom is -0.508 e. The number of phenolic OH excluding ortho intramolecular Hbond substituents is 2. The number of para-hydroxylation sites is 2. The third-order valence-electron chi connectivity index (χ3n) is 4.19.